The van der Waals surface area contributed by atoms with Crippen LogP contribution in [0.3, 0.4) is 0 Å². The van der Waals surface area contributed by atoms with Gasteiger partial charge in [0.2, 0.25) is 0 Å². The van der Waals surface area contributed by atoms with E-state index in [0.717, 1.165) is 17.7 Å². The van der Waals surface area contributed by atoms with Crippen LogP contribution >= 0.6 is 47.0 Å². The van der Waals surface area contributed by atoms with Crippen LogP contribution < -0.4 is 10.2 Å². The molecule has 1 atom stereocenters. The normalized spacial score (nSPS) is 19.3. The van der Waals surface area contributed by atoms with Gasteiger partial charge in [-0.25, -0.2) is 0 Å². The van der Waals surface area contributed by atoms with E-state index in [4.69, 9.17) is 47.0 Å². The molecule has 0 bridgehead atoms. The largest absolute Gasteiger partial charge is 0.505 e. The summed E-state index contributed by atoms with van der Waals surface area (Å²) in [4.78, 5) is 6.43. The quantitative estimate of drug-likeness (QED) is 0.324. The minimum Gasteiger partial charge on any atom is -0.505 e. The number of halogens is 6. The van der Waals surface area contributed by atoms with Gasteiger partial charge in [0.15, 0.2) is 10.9 Å². The molecule has 2 N–H and O–H groups in total. The van der Waals surface area contributed by atoms with Crippen molar-refractivity contribution >= 4 is 63.7 Å². The predicted octanol–water partition coefficient (Wildman–Crippen LogP) is 7.58. The van der Waals surface area contributed by atoms with Crippen LogP contribution in [0.2, 0.25) is 15.1 Å². The van der Waals surface area contributed by atoms with Gasteiger partial charge in [-0.1, -0.05) is 59.1 Å². The van der Waals surface area contributed by atoms with Crippen LogP contribution in [-0.2, 0) is 18.3 Å². The summed E-state index contributed by atoms with van der Waals surface area (Å²) in [5, 5.41) is 14.0. The number of amidine groups is 1. The molecule has 1 unspecified atom stereocenters. The Bertz CT molecular complexity index is 1290. The van der Waals surface area contributed by atoms with E-state index in [1.165, 1.54) is 24.3 Å². The van der Waals surface area contributed by atoms with Crippen molar-refractivity contribution in [3.05, 3.63) is 92.4 Å². The molecule has 0 radical (unpaired) electrons. The maximum Gasteiger partial charge on any atom is 0.416 e. The summed E-state index contributed by atoms with van der Waals surface area (Å²) in [5.41, 5.74) is 0.170. The highest BCUT2D eigenvalue weighted by Crippen LogP contribution is 2.43. The molecule has 1 saturated heterocycles. The van der Waals surface area contributed by atoms with E-state index >= 15 is 0 Å². The number of nitrogens with zero attached hydrogens (tertiary/aromatic N) is 2. The summed E-state index contributed by atoms with van der Waals surface area (Å²) < 4.78 is 38.7. The molecular weight excluding hydrogens is 542 g/mol. The zero-order valence-corrected chi connectivity index (χ0v) is 21.1. The van der Waals surface area contributed by atoms with Gasteiger partial charge in [-0.15, -0.1) is 0 Å². The first-order valence-electron chi connectivity index (χ1n) is 10.2. The molecule has 3 aromatic carbocycles. The van der Waals surface area contributed by atoms with E-state index in [9.17, 15) is 18.3 Å². The predicted molar refractivity (Wildman–Crippen MR) is 138 cm³/mol. The maximum atomic E-state index is 12.9. The number of aliphatic imine (C=N–C) groups is 1. The van der Waals surface area contributed by atoms with Crippen LogP contribution in [0.15, 0.2) is 65.7 Å². The number of benzene rings is 3. The molecule has 1 fully saturated rings. The molecule has 1 aliphatic rings. The first-order chi connectivity index (χ1) is 16.4. The van der Waals surface area contributed by atoms with Crippen molar-refractivity contribution < 1.29 is 18.3 Å². The third-order valence-corrected chi connectivity index (χ3v) is 6.82. The monoisotopic (exact) mass is 557 g/mol. The Balaban J connectivity index is 1.78. The Kier molecular flexibility index (Phi) is 6.94. The Morgan fingerprint density at radius 2 is 1.57 bits per heavy atom. The molecule has 11 heteroatoms. The lowest BCUT2D eigenvalue weighted by Gasteiger charge is -2.35. The lowest BCUT2D eigenvalue weighted by Crippen LogP contribution is -2.44. The lowest BCUT2D eigenvalue weighted by molar-refractivity contribution is -0.137. The molecule has 1 heterocycles. The van der Waals surface area contributed by atoms with Crippen molar-refractivity contribution in [1.29, 1.82) is 0 Å². The number of phenolic OH excluding ortho intramolecular Hbond substituents is 1. The van der Waals surface area contributed by atoms with Crippen molar-refractivity contribution in [2.45, 2.75) is 25.2 Å². The number of aromatic hydroxyl groups is 1. The van der Waals surface area contributed by atoms with E-state index in [1.54, 1.807) is 17.0 Å². The number of hydrogen-bond acceptors (Lipinski definition) is 3. The van der Waals surface area contributed by atoms with Gasteiger partial charge >= 0.3 is 6.18 Å². The van der Waals surface area contributed by atoms with Crippen molar-refractivity contribution in [1.82, 2.24) is 5.32 Å². The molecule has 1 aliphatic heterocycles. The molecule has 3 aromatic rings. The lowest BCUT2D eigenvalue weighted by atomic mass is 9.89. The highest BCUT2D eigenvalue weighted by atomic mass is 35.5. The average Bonchev–Trinajstić information content (AvgIpc) is 3.06. The molecule has 0 amide bonds. The van der Waals surface area contributed by atoms with Gasteiger partial charge in [-0.3, -0.25) is 4.99 Å². The summed E-state index contributed by atoms with van der Waals surface area (Å²) in [6.07, 6.45) is -4.41. The Morgan fingerprint density at radius 3 is 2.11 bits per heavy atom. The van der Waals surface area contributed by atoms with Crippen LogP contribution in [0.5, 0.6) is 5.75 Å². The third-order valence-electron chi connectivity index (χ3n) is 5.70. The first-order valence-corrected chi connectivity index (χ1v) is 11.7. The van der Waals surface area contributed by atoms with Gasteiger partial charge in [-0.2, -0.15) is 13.2 Å². The van der Waals surface area contributed by atoms with E-state index in [1.807, 2.05) is 19.1 Å². The number of rotatable bonds is 4. The van der Waals surface area contributed by atoms with E-state index in [-0.39, 0.29) is 22.3 Å². The summed E-state index contributed by atoms with van der Waals surface area (Å²) in [6, 6.07) is 15.0. The van der Waals surface area contributed by atoms with Crippen molar-refractivity contribution in [3.63, 3.8) is 0 Å². The number of phenols is 1. The maximum absolute atomic E-state index is 12.9. The van der Waals surface area contributed by atoms with E-state index in [0.29, 0.717) is 27.2 Å². The summed E-state index contributed by atoms with van der Waals surface area (Å²) in [7, 11) is 0. The summed E-state index contributed by atoms with van der Waals surface area (Å²) in [6.45, 7) is 1.99. The molecule has 0 saturated carbocycles. The second kappa shape index (κ2) is 9.50. The fourth-order valence-electron chi connectivity index (χ4n) is 3.85. The Labute approximate surface area is 219 Å². The molecule has 35 heavy (non-hydrogen) atoms. The molecule has 0 spiro atoms. The zero-order chi connectivity index (χ0) is 25.5. The number of hydrogen-bond donors (Lipinski definition) is 2. The van der Waals surface area contributed by atoms with Crippen LogP contribution in [0.25, 0.3) is 0 Å². The van der Waals surface area contributed by atoms with Crippen molar-refractivity contribution in [3.8, 4) is 5.75 Å². The van der Waals surface area contributed by atoms with Gasteiger partial charge in [0.1, 0.15) is 11.4 Å². The van der Waals surface area contributed by atoms with Gasteiger partial charge in [0.25, 0.3) is 0 Å². The third kappa shape index (κ3) is 4.93. The van der Waals surface area contributed by atoms with Crippen molar-refractivity contribution in [2.24, 2.45) is 4.99 Å². The van der Waals surface area contributed by atoms with Crippen LogP contribution in [0.4, 0.5) is 18.9 Å². The van der Waals surface area contributed by atoms with E-state index in [2.05, 4.69) is 10.3 Å². The standard InChI is InChI=1S/C24H17Cl3F3N3OS/c1-23(14-6-8-16(25)9-7-14)21(31-12-13-2-4-15(5-3-13)24(28,29)30)32-22(35)33(23)17-10-18(26)20(34)19(27)11-17/h2-11,34H,12H2,1H3,(H,31,32,35). The number of alkyl halides is 3. The molecule has 4 nitrogen and oxygen atoms in total. The number of anilines is 1. The molecule has 4 rings (SSSR count). The van der Waals surface area contributed by atoms with Gasteiger partial charge in [0, 0.05) is 10.7 Å². The van der Waals surface area contributed by atoms with Crippen LogP contribution in [-0.4, -0.2) is 16.1 Å². The van der Waals surface area contributed by atoms with Gasteiger partial charge < -0.3 is 15.3 Å². The smallest absolute Gasteiger partial charge is 0.416 e. The Morgan fingerprint density at radius 1 is 1.00 bits per heavy atom. The molecule has 0 aliphatic carbocycles. The van der Waals surface area contributed by atoms with Crippen molar-refractivity contribution in [2.75, 3.05) is 4.90 Å². The fourth-order valence-corrected chi connectivity index (χ4v) is 4.83. The van der Waals surface area contributed by atoms with Crippen LogP contribution in [0.1, 0.15) is 23.6 Å². The minimum atomic E-state index is -4.41. The molecule has 182 valence electrons. The summed E-state index contributed by atoms with van der Waals surface area (Å²) >= 11 is 24.1. The molecular formula is C24H17Cl3F3N3OS. The topological polar surface area (TPSA) is 47.9 Å². The fraction of sp³-hybridized carbons (Fsp3) is 0.167. The second-order valence-electron chi connectivity index (χ2n) is 7.96. The van der Waals surface area contributed by atoms with Crippen LogP contribution in [0, 0.1) is 0 Å². The highest BCUT2D eigenvalue weighted by molar-refractivity contribution is 7.80. The van der Waals surface area contributed by atoms with Gasteiger partial charge in [-0.05, 0) is 66.7 Å². The SMILES string of the molecule is CC1(c2ccc(Cl)cc2)C(=NCc2ccc(C(F)(F)F)cc2)NC(=S)N1c1cc(Cl)c(O)c(Cl)c1. The number of nitrogens with one attached hydrogen (secondary N) is 1. The minimum absolute atomic E-state index is 0.0453. The zero-order valence-electron chi connectivity index (χ0n) is 18.0. The highest BCUT2D eigenvalue weighted by Gasteiger charge is 2.48. The Hall–Kier alpha value is -2.52. The van der Waals surface area contributed by atoms with E-state index < -0.39 is 17.3 Å². The molecule has 0 aromatic heterocycles. The number of thiocarbonyl (C=S) groups is 1. The summed E-state index contributed by atoms with van der Waals surface area (Å²) in [5.74, 6) is 0.213. The first kappa shape index (κ1) is 25.6. The van der Waals surface area contributed by atoms with Gasteiger partial charge in [0.05, 0.1) is 22.2 Å². The second-order valence-corrected chi connectivity index (χ2v) is 9.60. The average molecular weight is 559 g/mol.